The molecule has 0 spiro atoms. The molecule has 1 aromatic carbocycles. The van der Waals surface area contributed by atoms with Crippen molar-refractivity contribution >= 4 is 100 Å². The molecule has 0 amide bonds. The van der Waals surface area contributed by atoms with Crippen LogP contribution in [0.2, 0.25) is 0 Å². The highest BCUT2D eigenvalue weighted by Gasteiger charge is 2.29. The van der Waals surface area contributed by atoms with E-state index >= 15 is 8.78 Å². The van der Waals surface area contributed by atoms with Crippen molar-refractivity contribution < 1.29 is 27.8 Å². The number of halogens is 4. The summed E-state index contributed by atoms with van der Waals surface area (Å²) in [6.07, 6.45) is 17.8. The van der Waals surface area contributed by atoms with Gasteiger partial charge in [-0.2, -0.15) is 0 Å². The number of carbonyl (C=O) groups excluding carboxylic acids is 2. The minimum absolute atomic E-state index is 0.00103. The Labute approximate surface area is 409 Å². The van der Waals surface area contributed by atoms with Gasteiger partial charge in [-0.1, -0.05) is 105 Å². The van der Waals surface area contributed by atoms with Crippen LogP contribution in [0.3, 0.4) is 0 Å². The Morgan fingerprint density at radius 2 is 0.891 bits per heavy atom. The first-order chi connectivity index (χ1) is 31.1. The molecular weight excluding hydrogens is 1020 g/mol. The van der Waals surface area contributed by atoms with Gasteiger partial charge in [-0.3, -0.25) is 0 Å². The number of nitrogens with zero attached hydrogens (tertiary/aromatic N) is 2. The smallest absolute Gasteiger partial charge is 0.348 e. The molecule has 0 aliphatic rings. The Balaban J connectivity index is 1.41. The fourth-order valence-corrected chi connectivity index (χ4v) is 12.5. The second-order valence-electron chi connectivity index (χ2n) is 16.4. The molecule has 2 atom stereocenters. The number of aromatic nitrogens is 2. The summed E-state index contributed by atoms with van der Waals surface area (Å²) in [5.74, 6) is -2.27. The summed E-state index contributed by atoms with van der Waals surface area (Å²) in [7, 11) is 0. The third kappa shape index (κ3) is 13.2. The van der Waals surface area contributed by atoms with Crippen molar-refractivity contribution in [2.75, 3.05) is 13.2 Å². The molecular formula is C50H58Br2F2N2O4S4. The Morgan fingerprint density at radius 1 is 0.516 bits per heavy atom. The zero-order valence-corrected chi connectivity index (χ0v) is 43.6. The number of thiophene rings is 4. The van der Waals surface area contributed by atoms with Gasteiger partial charge in [-0.15, -0.1) is 45.3 Å². The van der Waals surface area contributed by atoms with Crippen molar-refractivity contribution in [3.63, 3.8) is 0 Å². The number of ether oxygens (including phenoxy) is 2. The van der Waals surface area contributed by atoms with E-state index < -0.39 is 23.6 Å². The number of rotatable bonds is 26. The maximum atomic E-state index is 16.6. The van der Waals surface area contributed by atoms with Gasteiger partial charge in [0.15, 0.2) is 11.6 Å². The molecule has 0 aliphatic heterocycles. The normalized spacial score (nSPS) is 12.6. The van der Waals surface area contributed by atoms with Gasteiger partial charge in [0.25, 0.3) is 0 Å². The van der Waals surface area contributed by atoms with Crippen molar-refractivity contribution in [2.45, 2.75) is 130 Å². The van der Waals surface area contributed by atoms with Gasteiger partial charge in [0, 0.05) is 9.75 Å². The Kier molecular flexibility index (Phi) is 20.0. The van der Waals surface area contributed by atoms with Crippen molar-refractivity contribution in [3.05, 3.63) is 77.5 Å². The van der Waals surface area contributed by atoms with Crippen LogP contribution in [0.15, 0.2) is 56.1 Å². The number of esters is 2. The highest BCUT2D eigenvalue weighted by molar-refractivity contribution is 9.11. The summed E-state index contributed by atoms with van der Waals surface area (Å²) < 4.78 is 46.7. The molecule has 0 bridgehead atoms. The lowest BCUT2D eigenvalue weighted by molar-refractivity contribution is 0.0419. The molecule has 6 aromatic rings. The molecule has 5 heterocycles. The minimum atomic E-state index is -1.03. The lowest BCUT2D eigenvalue weighted by Gasteiger charge is -2.16. The summed E-state index contributed by atoms with van der Waals surface area (Å²) in [4.78, 5) is 40.7. The molecule has 2 unspecified atom stereocenters. The third-order valence-corrected chi connectivity index (χ3v) is 16.9. The minimum Gasteiger partial charge on any atom is -0.461 e. The second-order valence-corrected chi connectivity index (χ2v) is 23.5. The Hall–Kier alpha value is -2.88. The highest BCUT2D eigenvalue weighted by Crippen LogP contribution is 2.47. The second kappa shape index (κ2) is 25.3. The number of fused-ring (bicyclic) bond motifs is 1. The van der Waals surface area contributed by atoms with E-state index in [4.69, 9.17) is 19.4 Å². The predicted molar refractivity (Wildman–Crippen MR) is 272 cm³/mol. The van der Waals surface area contributed by atoms with E-state index in [1.807, 2.05) is 0 Å². The molecule has 0 saturated heterocycles. The molecule has 0 aliphatic carbocycles. The van der Waals surface area contributed by atoms with Crippen LogP contribution in [0.1, 0.15) is 150 Å². The Bertz CT molecular complexity index is 2290. The van der Waals surface area contributed by atoms with Gasteiger partial charge in [-0.05, 0) is 118 Å². The van der Waals surface area contributed by atoms with E-state index in [1.165, 1.54) is 83.9 Å². The SMILES string of the molecule is CCCCCCC(CCCC)COC(=O)c1ccc(-c2nc3c(-c4ccc(Br)s4)c(F)c(F)c(-c4ccc(Br)s4)c3nc2-c2ccc(C(=O)OCC(CCCC)CCCCCC)s2)s1. The van der Waals surface area contributed by atoms with Crippen LogP contribution in [0.25, 0.3) is 53.1 Å². The van der Waals surface area contributed by atoms with Crippen molar-refractivity contribution in [1.29, 1.82) is 0 Å². The van der Waals surface area contributed by atoms with E-state index in [0.29, 0.717) is 65.7 Å². The first kappa shape index (κ1) is 50.5. The number of hydrogen-bond acceptors (Lipinski definition) is 10. The largest absolute Gasteiger partial charge is 0.461 e. The summed E-state index contributed by atoms with van der Waals surface area (Å²) in [5.41, 5.74) is 1.11. The van der Waals surface area contributed by atoms with E-state index in [0.717, 1.165) is 71.8 Å². The van der Waals surface area contributed by atoms with Crippen LogP contribution in [-0.2, 0) is 9.47 Å². The average Bonchev–Trinajstić information content (AvgIpc) is 4.14. The molecule has 0 saturated carbocycles. The van der Waals surface area contributed by atoms with Crippen molar-refractivity contribution in [1.82, 2.24) is 9.97 Å². The molecule has 64 heavy (non-hydrogen) atoms. The van der Waals surface area contributed by atoms with Crippen LogP contribution >= 0.6 is 77.2 Å². The van der Waals surface area contributed by atoms with Crippen molar-refractivity contribution in [2.24, 2.45) is 11.8 Å². The highest BCUT2D eigenvalue weighted by atomic mass is 79.9. The third-order valence-electron chi connectivity index (χ3n) is 11.5. The van der Waals surface area contributed by atoms with Gasteiger partial charge >= 0.3 is 11.9 Å². The molecule has 6 nitrogen and oxygen atoms in total. The molecule has 6 rings (SSSR count). The fourth-order valence-electron chi connectivity index (χ4n) is 7.91. The number of carbonyl (C=O) groups is 2. The lowest BCUT2D eigenvalue weighted by Crippen LogP contribution is -2.14. The Morgan fingerprint density at radius 3 is 1.25 bits per heavy atom. The van der Waals surface area contributed by atoms with Crippen molar-refractivity contribution in [3.8, 4) is 42.0 Å². The molecule has 0 fully saturated rings. The summed E-state index contributed by atoms with van der Waals surface area (Å²) in [6.45, 7) is 9.48. The van der Waals surface area contributed by atoms with Crippen LogP contribution in [0.5, 0.6) is 0 Å². The van der Waals surface area contributed by atoms with Crippen LogP contribution in [0.4, 0.5) is 8.78 Å². The number of benzene rings is 1. The van der Waals surface area contributed by atoms with E-state index in [2.05, 4.69) is 59.6 Å². The predicted octanol–water partition coefficient (Wildman–Crippen LogP) is 18.2. The zero-order chi connectivity index (χ0) is 45.6. The summed E-state index contributed by atoms with van der Waals surface area (Å²) >= 11 is 12.0. The number of hydrogen-bond donors (Lipinski definition) is 0. The molecule has 14 heteroatoms. The van der Waals surface area contributed by atoms with E-state index in [1.54, 1.807) is 48.5 Å². The maximum Gasteiger partial charge on any atom is 0.348 e. The lowest BCUT2D eigenvalue weighted by atomic mass is 9.96. The molecule has 0 N–H and O–H groups in total. The van der Waals surface area contributed by atoms with Crippen LogP contribution < -0.4 is 0 Å². The van der Waals surface area contributed by atoms with Crippen LogP contribution in [-0.4, -0.2) is 35.1 Å². The van der Waals surface area contributed by atoms with Crippen LogP contribution in [0, 0.1) is 23.5 Å². The topological polar surface area (TPSA) is 78.4 Å². The van der Waals surface area contributed by atoms with Gasteiger partial charge in [-0.25, -0.2) is 28.3 Å². The standard InChI is InChI=1S/C50H58Br2F2N2O4S4/c1-5-9-13-15-19-31(17-11-7-3)29-59-49(57)37-23-21-35(61-37)45-46(36-22-24-38(62-36)50(58)60-30-32(18-12-8-4)20-16-14-10-6-2)56-48-42(34-26-28-40(52)64-34)44(54)43(53)41(47(48)55-45)33-25-27-39(51)63-33/h21-28,31-32H,5-20,29-30H2,1-4H3. The number of unbranched alkanes of at least 4 members (excludes halogenated alkanes) is 8. The first-order valence-electron chi connectivity index (χ1n) is 22.8. The first-order valence-corrected chi connectivity index (χ1v) is 27.7. The molecule has 0 radical (unpaired) electrons. The van der Waals surface area contributed by atoms with E-state index in [-0.39, 0.29) is 22.2 Å². The molecule has 5 aromatic heterocycles. The van der Waals surface area contributed by atoms with Gasteiger partial charge in [0.05, 0.1) is 41.7 Å². The fraction of sp³-hybridized carbons (Fsp3) is 0.480. The maximum absolute atomic E-state index is 16.6. The molecule has 344 valence electrons. The average molecular weight is 1080 g/mol. The van der Waals surface area contributed by atoms with Gasteiger partial charge in [0.1, 0.15) is 32.2 Å². The van der Waals surface area contributed by atoms with Gasteiger partial charge in [0.2, 0.25) is 0 Å². The monoisotopic (exact) mass is 1070 g/mol. The summed E-state index contributed by atoms with van der Waals surface area (Å²) in [5, 5.41) is 0. The van der Waals surface area contributed by atoms with Gasteiger partial charge < -0.3 is 9.47 Å². The zero-order valence-electron chi connectivity index (χ0n) is 37.2. The quantitative estimate of drug-likeness (QED) is 0.0398. The summed E-state index contributed by atoms with van der Waals surface area (Å²) in [6, 6.07) is 14.1. The van der Waals surface area contributed by atoms with E-state index in [9.17, 15) is 9.59 Å².